The van der Waals surface area contributed by atoms with Crippen molar-refractivity contribution in [2.75, 3.05) is 25.4 Å². The Hall–Kier alpha value is -4.01. The summed E-state index contributed by atoms with van der Waals surface area (Å²) < 4.78 is 0. The normalized spacial score (nSPS) is 15.4. The van der Waals surface area contributed by atoms with Gasteiger partial charge in [-0.05, 0) is 69.9 Å². The van der Waals surface area contributed by atoms with Crippen LogP contribution in [0.5, 0.6) is 5.75 Å². The molecule has 0 radical (unpaired) electrons. The fourth-order valence-electron chi connectivity index (χ4n) is 4.34. The van der Waals surface area contributed by atoms with E-state index in [0.29, 0.717) is 12.0 Å². The number of carboxylic acids is 1. The summed E-state index contributed by atoms with van der Waals surface area (Å²) in [4.78, 5) is 76.8. The molecule has 0 heterocycles. The minimum Gasteiger partial charge on any atom is -0.508 e. The van der Waals surface area contributed by atoms with E-state index in [0.717, 1.165) is 0 Å². The number of carbonyl (C=O) groups excluding carboxylic acids is 5. The van der Waals surface area contributed by atoms with Gasteiger partial charge in [-0.3, -0.25) is 24.0 Å². The number of nitrogens with one attached hydrogen (secondary N) is 5. The van der Waals surface area contributed by atoms with Gasteiger partial charge in [-0.15, -0.1) is 0 Å². The highest BCUT2D eigenvalue weighted by molar-refractivity contribution is 7.80. The van der Waals surface area contributed by atoms with Crippen molar-refractivity contribution in [1.29, 1.82) is 0 Å². The molecule has 0 aliphatic carbocycles. The molecule has 1 aromatic carbocycles. The van der Waals surface area contributed by atoms with Crippen molar-refractivity contribution in [3.05, 3.63) is 29.8 Å². The highest BCUT2D eigenvalue weighted by Crippen LogP contribution is 2.12. The SMILES string of the molecule is C[C@@H](O)[C@H](NC(=O)[C@H](CCCN)NC(=O)[C@@H](N)CCN)C(=O)N[C@@H](CCN)C(=O)N[C@@H](CS)C(=O)N[C@@H](Cc1ccc(O)cc1)C(=O)O. The molecule has 5 amide bonds. The van der Waals surface area contributed by atoms with Gasteiger partial charge >= 0.3 is 5.97 Å². The van der Waals surface area contributed by atoms with Crippen LogP contribution >= 0.6 is 12.6 Å². The van der Waals surface area contributed by atoms with E-state index in [-0.39, 0.29) is 56.8 Å². The molecule has 0 spiro atoms. The zero-order chi connectivity index (χ0) is 36.4. The smallest absolute Gasteiger partial charge is 0.326 e. The molecule has 0 fully saturated rings. The van der Waals surface area contributed by atoms with Crippen LogP contribution < -0.4 is 49.5 Å². The average molecular weight is 700 g/mol. The molecule has 0 bridgehead atoms. The molecule has 18 nitrogen and oxygen atoms in total. The zero-order valence-electron chi connectivity index (χ0n) is 26.8. The third kappa shape index (κ3) is 14.4. The zero-order valence-corrected chi connectivity index (χ0v) is 27.7. The second-order valence-corrected chi connectivity index (χ2v) is 11.4. The summed E-state index contributed by atoms with van der Waals surface area (Å²) in [6, 6.07) is -2.05. The second kappa shape index (κ2) is 21.8. The van der Waals surface area contributed by atoms with Crippen molar-refractivity contribution in [1.82, 2.24) is 26.6 Å². The van der Waals surface area contributed by atoms with E-state index in [1.807, 2.05) is 0 Å². The van der Waals surface area contributed by atoms with Gasteiger partial charge in [0.05, 0.1) is 12.1 Å². The molecule has 0 unspecified atom stereocenters. The number of rotatable bonds is 22. The first-order valence-electron chi connectivity index (χ1n) is 15.4. The Morgan fingerprint density at radius 1 is 0.708 bits per heavy atom. The molecule has 270 valence electrons. The molecule has 1 rings (SSSR count). The van der Waals surface area contributed by atoms with Crippen LogP contribution in [0.25, 0.3) is 0 Å². The number of amides is 5. The number of hydrogen-bond acceptors (Lipinski definition) is 13. The van der Waals surface area contributed by atoms with Gasteiger partial charge in [0, 0.05) is 12.2 Å². The van der Waals surface area contributed by atoms with E-state index in [1.54, 1.807) is 0 Å². The average Bonchev–Trinajstić information content (AvgIpc) is 3.04. The fourth-order valence-corrected chi connectivity index (χ4v) is 4.60. The number of thiol groups is 1. The minimum atomic E-state index is -1.58. The van der Waals surface area contributed by atoms with Gasteiger partial charge in [0.15, 0.2) is 0 Å². The quantitative estimate of drug-likeness (QED) is 0.0508. The Bertz CT molecular complexity index is 1220. The van der Waals surface area contributed by atoms with Crippen LogP contribution in [0.3, 0.4) is 0 Å². The van der Waals surface area contributed by atoms with Crippen molar-refractivity contribution < 1.29 is 44.1 Å². The molecule has 0 saturated carbocycles. The predicted octanol–water partition coefficient (Wildman–Crippen LogP) is -4.48. The lowest BCUT2D eigenvalue weighted by Gasteiger charge is -2.28. The number of carboxylic acid groups (broad SMARTS) is 1. The number of aliphatic hydroxyl groups is 1. The molecule has 7 atom stereocenters. The predicted molar refractivity (Wildman–Crippen MR) is 178 cm³/mol. The molecular formula is C29H49N9O9S. The molecule has 16 N–H and O–H groups in total. The van der Waals surface area contributed by atoms with E-state index in [2.05, 4.69) is 39.2 Å². The Labute approximate surface area is 283 Å². The number of carbonyl (C=O) groups is 6. The van der Waals surface area contributed by atoms with E-state index in [1.165, 1.54) is 31.2 Å². The summed E-state index contributed by atoms with van der Waals surface area (Å²) in [5.74, 6) is -5.78. The van der Waals surface area contributed by atoms with Gasteiger partial charge < -0.3 is 64.8 Å². The van der Waals surface area contributed by atoms with Crippen LogP contribution in [0, 0.1) is 0 Å². The Kier molecular flexibility index (Phi) is 19.1. The van der Waals surface area contributed by atoms with E-state index < -0.39 is 77.9 Å². The molecule has 0 aliphatic heterocycles. The number of aromatic hydroxyl groups is 1. The van der Waals surface area contributed by atoms with Gasteiger partial charge in [0.1, 0.15) is 36.0 Å². The molecular weight excluding hydrogens is 650 g/mol. The summed E-state index contributed by atoms with van der Waals surface area (Å²) in [6.07, 6.45) is -1.11. The molecule has 0 aromatic heterocycles. The highest BCUT2D eigenvalue weighted by Gasteiger charge is 2.34. The van der Waals surface area contributed by atoms with Gasteiger partial charge in [-0.1, -0.05) is 12.1 Å². The van der Waals surface area contributed by atoms with E-state index >= 15 is 0 Å². The van der Waals surface area contributed by atoms with E-state index in [4.69, 9.17) is 22.9 Å². The first-order chi connectivity index (χ1) is 22.7. The van der Waals surface area contributed by atoms with Crippen molar-refractivity contribution in [2.24, 2.45) is 22.9 Å². The molecule has 1 aromatic rings. The van der Waals surface area contributed by atoms with E-state index in [9.17, 15) is 44.1 Å². The highest BCUT2D eigenvalue weighted by atomic mass is 32.1. The van der Waals surface area contributed by atoms with Crippen LogP contribution in [0.4, 0.5) is 0 Å². The van der Waals surface area contributed by atoms with Crippen LogP contribution in [-0.2, 0) is 35.2 Å². The number of aliphatic carboxylic acids is 1. The number of hydrogen-bond donors (Lipinski definition) is 13. The molecule has 0 aliphatic rings. The molecule has 0 saturated heterocycles. The number of benzene rings is 1. The van der Waals surface area contributed by atoms with Crippen LogP contribution in [0.1, 0.15) is 38.2 Å². The number of phenols is 1. The summed E-state index contributed by atoms with van der Waals surface area (Å²) >= 11 is 4.10. The Morgan fingerprint density at radius 2 is 1.21 bits per heavy atom. The standard InChI is InChI=1S/C29H49N9O9S/c1-15(39)23(38-26(43)19(3-2-10-30)34-24(41)18(33)8-11-31)28(45)35-20(9-12-32)25(42)37-22(14-48)27(44)36-21(29(46)47)13-16-4-6-17(40)7-5-16/h4-7,15,18-23,39-40,48H,2-3,8-14,30-33H2,1H3,(H,34,41)(H,35,45)(H,36,44)(H,37,42)(H,38,43)(H,46,47)/t15-,18+,19+,20+,21+,22+,23+/m1/s1. The van der Waals surface area contributed by atoms with Crippen LogP contribution in [0.15, 0.2) is 24.3 Å². The summed E-state index contributed by atoms with van der Waals surface area (Å²) in [7, 11) is 0. The van der Waals surface area contributed by atoms with Gasteiger partial charge in [0.2, 0.25) is 29.5 Å². The topological polar surface area (TPSA) is 327 Å². The lowest BCUT2D eigenvalue weighted by atomic mass is 10.1. The third-order valence-electron chi connectivity index (χ3n) is 7.10. The first kappa shape index (κ1) is 42.0. The Balaban J connectivity index is 3.02. The first-order valence-corrected chi connectivity index (χ1v) is 16.0. The maximum absolute atomic E-state index is 13.2. The van der Waals surface area contributed by atoms with Crippen molar-refractivity contribution in [3.8, 4) is 5.75 Å². The monoisotopic (exact) mass is 699 g/mol. The number of nitrogens with two attached hydrogens (primary N) is 4. The third-order valence-corrected chi connectivity index (χ3v) is 7.47. The summed E-state index contributed by atoms with van der Waals surface area (Å²) in [6.45, 7) is 1.47. The van der Waals surface area contributed by atoms with Gasteiger partial charge in [-0.2, -0.15) is 12.6 Å². The van der Waals surface area contributed by atoms with Crippen molar-refractivity contribution in [2.45, 2.75) is 81.4 Å². The largest absolute Gasteiger partial charge is 0.508 e. The van der Waals surface area contributed by atoms with Crippen molar-refractivity contribution >= 4 is 48.1 Å². The minimum absolute atomic E-state index is 0.0201. The maximum atomic E-state index is 13.2. The lowest BCUT2D eigenvalue weighted by Crippen LogP contribution is -2.61. The lowest BCUT2D eigenvalue weighted by molar-refractivity contribution is -0.142. The fraction of sp³-hybridized carbons (Fsp3) is 0.586. The Morgan fingerprint density at radius 3 is 1.73 bits per heavy atom. The molecule has 19 heteroatoms. The van der Waals surface area contributed by atoms with Crippen LogP contribution in [-0.4, -0.2) is 119 Å². The number of phenolic OH excluding ortho intramolecular Hbond substituents is 1. The van der Waals surface area contributed by atoms with Crippen molar-refractivity contribution in [3.63, 3.8) is 0 Å². The van der Waals surface area contributed by atoms with Crippen LogP contribution in [0.2, 0.25) is 0 Å². The molecule has 48 heavy (non-hydrogen) atoms. The maximum Gasteiger partial charge on any atom is 0.326 e. The van der Waals surface area contributed by atoms with Gasteiger partial charge in [0.25, 0.3) is 0 Å². The van der Waals surface area contributed by atoms with Gasteiger partial charge in [-0.25, -0.2) is 4.79 Å². The summed E-state index contributed by atoms with van der Waals surface area (Å²) in [5.41, 5.74) is 23.0. The second-order valence-electron chi connectivity index (χ2n) is 11.1. The summed E-state index contributed by atoms with van der Waals surface area (Å²) in [5, 5.41) is 41.5. The number of aliphatic hydroxyl groups excluding tert-OH is 1.